The van der Waals surface area contributed by atoms with E-state index >= 15 is 0 Å². The number of aromatic nitrogens is 2. The average molecular weight is 306 g/mol. The fourth-order valence-electron chi connectivity index (χ4n) is 1.91. The van der Waals surface area contributed by atoms with Crippen molar-refractivity contribution in [3.05, 3.63) is 52.6 Å². The first kappa shape index (κ1) is 13.3. The summed E-state index contributed by atoms with van der Waals surface area (Å²) < 4.78 is 0.996. The molecule has 3 aromatic rings. The number of anilines is 1. The monoisotopic (exact) mass is 305 g/mol. The number of fused-ring (bicyclic) bond motifs is 1. The molecule has 4 nitrogen and oxygen atoms in total. The van der Waals surface area contributed by atoms with Crippen molar-refractivity contribution in [2.24, 2.45) is 0 Å². The van der Waals surface area contributed by atoms with Gasteiger partial charge in [-0.1, -0.05) is 23.7 Å². The molecule has 2 aromatic heterocycles. The molecule has 2 N–H and O–H groups in total. The van der Waals surface area contributed by atoms with Gasteiger partial charge in [-0.15, -0.1) is 11.3 Å². The van der Waals surface area contributed by atoms with Gasteiger partial charge in [0.25, 0.3) is 0 Å². The van der Waals surface area contributed by atoms with Gasteiger partial charge in [-0.2, -0.15) is 0 Å². The van der Waals surface area contributed by atoms with Crippen molar-refractivity contribution in [1.82, 2.24) is 9.97 Å². The summed E-state index contributed by atoms with van der Waals surface area (Å²) in [4.78, 5) is 8.39. The van der Waals surface area contributed by atoms with E-state index in [-0.39, 0.29) is 0 Å². The van der Waals surface area contributed by atoms with E-state index in [0.29, 0.717) is 11.6 Å². The Morgan fingerprint density at radius 3 is 2.80 bits per heavy atom. The number of aliphatic hydroxyl groups excluding tert-OH is 1. The zero-order chi connectivity index (χ0) is 13.9. The summed E-state index contributed by atoms with van der Waals surface area (Å²) in [5.74, 6) is 0.748. The van der Waals surface area contributed by atoms with Crippen molar-refractivity contribution in [2.75, 3.05) is 11.9 Å². The number of rotatable bonds is 4. The molecule has 102 valence electrons. The quantitative estimate of drug-likeness (QED) is 0.774. The molecule has 1 atom stereocenters. The molecule has 0 aliphatic rings. The summed E-state index contributed by atoms with van der Waals surface area (Å²) in [6, 6.07) is 9.11. The van der Waals surface area contributed by atoms with Gasteiger partial charge < -0.3 is 10.4 Å². The molecular formula is C14H12ClN3OS. The topological polar surface area (TPSA) is 58.0 Å². The van der Waals surface area contributed by atoms with Crippen LogP contribution in [0, 0.1) is 0 Å². The molecule has 0 saturated carbocycles. The minimum atomic E-state index is -0.614. The first-order valence-corrected chi connectivity index (χ1v) is 7.35. The normalized spacial score (nSPS) is 12.5. The molecule has 0 saturated heterocycles. The molecule has 0 aliphatic heterocycles. The maximum absolute atomic E-state index is 10.1. The van der Waals surface area contributed by atoms with Crippen LogP contribution in [0.3, 0.4) is 0 Å². The molecule has 20 heavy (non-hydrogen) atoms. The zero-order valence-electron chi connectivity index (χ0n) is 10.5. The smallest absolute Gasteiger partial charge is 0.147 e. The molecule has 0 amide bonds. The van der Waals surface area contributed by atoms with Crippen LogP contribution in [0.5, 0.6) is 0 Å². The number of hydrogen-bond acceptors (Lipinski definition) is 5. The van der Waals surface area contributed by atoms with Crippen molar-refractivity contribution >= 4 is 39.0 Å². The second-order valence-electron chi connectivity index (χ2n) is 4.31. The number of aliphatic hydroxyl groups is 1. The highest BCUT2D eigenvalue weighted by Crippen LogP contribution is 2.25. The van der Waals surface area contributed by atoms with Gasteiger partial charge in [0, 0.05) is 11.6 Å². The van der Waals surface area contributed by atoms with Gasteiger partial charge in [-0.05, 0) is 29.1 Å². The lowest BCUT2D eigenvalue weighted by atomic mass is 10.1. The van der Waals surface area contributed by atoms with Gasteiger partial charge in [0.15, 0.2) is 0 Å². The number of benzene rings is 1. The van der Waals surface area contributed by atoms with Gasteiger partial charge in [0.1, 0.15) is 12.1 Å². The van der Waals surface area contributed by atoms with Crippen LogP contribution in [-0.4, -0.2) is 21.6 Å². The highest BCUT2D eigenvalue weighted by atomic mass is 35.5. The first-order valence-electron chi connectivity index (χ1n) is 6.09. The standard InChI is InChI=1S/C14H12ClN3OS/c15-10-3-1-9(2-4-10)12(19)7-16-14-13-11(5-6-20-13)17-8-18-14/h1-6,8,12,19H,7H2,(H,16,17,18)/t12-/m0/s1. The Balaban J connectivity index is 1.73. The molecular weight excluding hydrogens is 294 g/mol. The average Bonchev–Trinajstić information content (AvgIpc) is 2.94. The molecule has 3 rings (SSSR count). The fourth-order valence-corrected chi connectivity index (χ4v) is 2.85. The van der Waals surface area contributed by atoms with Crippen molar-refractivity contribution in [2.45, 2.75) is 6.10 Å². The number of nitrogens with zero attached hydrogens (tertiary/aromatic N) is 2. The lowest BCUT2D eigenvalue weighted by molar-refractivity contribution is 0.191. The minimum absolute atomic E-state index is 0.381. The van der Waals surface area contributed by atoms with Crippen LogP contribution < -0.4 is 5.32 Å². The summed E-state index contributed by atoms with van der Waals surface area (Å²) in [5, 5.41) is 15.9. The van der Waals surface area contributed by atoms with Crippen LogP contribution in [0.4, 0.5) is 5.82 Å². The summed E-state index contributed by atoms with van der Waals surface area (Å²) in [7, 11) is 0. The van der Waals surface area contributed by atoms with E-state index in [2.05, 4.69) is 15.3 Å². The molecule has 0 aliphatic carbocycles. The summed E-state index contributed by atoms with van der Waals surface area (Å²) in [6.45, 7) is 0.381. The van der Waals surface area contributed by atoms with E-state index in [9.17, 15) is 5.11 Å². The third-order valence-corrected chi connectivity index (χ3v) is 4.12. The lowest BCUT2D eigenvalue weighted by Gasteiger charge is -2.13. The van der Waals surface area contributed by atoms with Gasteiger partial charge in [-0.25, -0.2) is 9.97 Å². The predicted molar refractivity (Wildman–Crippen MR) is 82.3 cm³/mol. The summed E-state index contributed by atoms with van der Waals surface area (Å²) >= 11 is 7.41. The van der Waals surface area contributed by atoms with Crippen molar-refractivity contribution < 1.29 is 5.11 Å². The highest BCUT2D eigenvalue weighted by molar-refractivity contribution is 7.17. The number of nitrogens with one attached hydrogen (secondary N) is 1. The Bertz CT molecular complexity index is 714. The van der Waals surface area contributed by atoms with Crippen LogP contribution >= 0.6 is 22.9 Å². The number of halogens is 1. The van der Waals surface area contributed by atoms with Crippen molar-refractivity contribution in [3.8, 4) is 0 Å². The summed E-state index contributed by atoms with van der Waals surface area (Å²) in [6.07, 6.45) is 0.906. The van der Waals surface area contributed by atoms with Crippen molar-refractivity contribution in [1.29, 1.82) is 0 Å². The van der Waals surface area contributed by atoms with Gasteiger partial charge in [0.2, 0.25) is 0 Å². The van der Waals surface area contributed by atoms with Crippen LogP contribution in [0.15, 0.2) is 42.0 Å². The van der Waals surface area contributed by atoms with Gasteiger partial charge in [-0.3, -0.25) is 0 Å². The minimum Gasteiger partial charge on any atom is -0.387 e. The molecule has 0 spiro atoms. The third-order valence-electron chi connectivity index (χ3n) is 2.96. The van der Waals surface area contributed by atoms with E-state index in [1.807, 2.05) is 23.6 Å². The zero-order valence-corrected chi connectivity index (χ0v) is 12.0. The van der Waals surface area contributed by atoms with E-state index in [1.54, 1.807) is 23.5 Å². The SMILES string of the molecule is O[C@@H](CNc1ncnc2ccsc12)c1ccc(Cl)cc1. The highest BCUT2D eigenvalue weighted by Gasteiger charge is 2.09. The largest absolute Gasteiger partial charge is 0.387 e. The Morgan fingerprint density at radius 1 is 1.20 bits per heavy atom. The lowest BCUT2D eigenvalue weighted by Crippen LogP contribution is -2.13. The van der Waals surface area contributed by atoms with Crippen molar-refractivity contribution in [3.63, 3.8) is 0 Å². The number of thiophene rings is 1. The maximum Gasteiger partial charge on any atom is 0.147 e. The number of hydrogen-bond donors (Lipinski definition) is 2. The molecule has 0 fully saturated rings. The fraction of sp³-hybridized carbons (Fsp3) is 0.143. The Morgan fingerprint density at radius 2 is 2.00 bits per heavy atom. The van der Waals surface area contributed by atoms with Crippen LogP contribution in [-0.2, 0) is 0 Å². The van der Waals surface area contributed by atoms with Crippen LogP contribution in [0.2, 0.25) is 5.02 Å². The van der Waals surface area contributed by atoms with E-state index in [4.69, 9.17) is 11.6 Å². The Hall–Kier alpha value is -1.69. The van der Waals surface area contributed by atoms with E-state index in [0.717, 1.165) is 21.6 Å². The molecule has 0 radical (unpaired) electrons. The molecule has 0 bridgehead atoms. The second-order valence-corrected chi connectivity index (χ2v) is 5.66. The Labute approximate surface area is 125 Å². The molecule has 1 aromatic carbocycles. The molecule has 0 unspecified atom stereocenters. The second kappa shape index (κ2) is 5.75. The predicted octanol–water partition coefficient (Wildman–Crippen LogP) is 3.49. The Kier molecular flexibility index (Phi) is 3.82. The summed E-state index contributed by atoms with van der Waals surface area (Å²) in [5.41, 5.74) is 1.73. The first-order chi connectivity index (χ1) is 9.74. The molecule has 6 heteroatoms. The van der Waals surface area contributed by atoms with Gasteiger partial charge >= 0.3 is 0 Å². The molecule has 2 heterocycles. The third kappa shape index (κ3) is 2.75. The van der Waals surface area contributed by atoms with E-state index < -0.39 is 6.10 Å². The van der Waals surface area contributed by atoms with Crippen LogP contribution in [0.25, 0.3) is 10.2 Å². The van der Waals surface area contributed by atoms with Gasteiger partial charge in [0.05, 0.1) is 16.3 Å². The maximum atomic E-state index is 10.1. The van der Waals surface area contributed by atoms with Crippen LogP contribution in [0.1, 0.15) is 11.7 Å². The van der Waals surface area contributed by atoms with E-state index in [1.165, 1.54) is 6.33 Å².